The summed E-state index contributed by atoms with van der Waals surface area (Å²) in [6.45, 7) is 12.8. The van der Waals surface area contributed by atoms with Gasteiger partial charge in [0.1, 0.15) is 11.5 Å². The minimum Gasteiger partial charge on any atom is -0.465 e. The third kappa shape index (κ3) is 5.37. The van der Waals surface area contributed by atoms with Crippen LogP contribution in [0.5, 0.6) is 0 Å². The lowest BCUT2D eigenvalue weighted by atomic mass is 10.1. The van der Waals surface area contributed by atoms with Gasteiger partial charge in [0.05, 0.1) is 13.2 Å². The van der Waals surface area contributed by atoms with Crippen molar-refractivity contribution in [3.63, 3.8) is 0 Å². The Morgan fingerprint density at radius 3 is 2.65 bits per heavy atom. The van der Waals surface area contributed by atoms with Crippen molar-refractivity contribution in [3.8, 4) is 0 Å². The first-order valence-electron chi connectivity index (χ1n) is 6.33. The summed E-state index contributed by atoms with van der Waals surface area (Å²) in [6.07, 6.45) is 1.05. The zero-order valence-electron chi connectivity index (χ0n) is 11.7. The normalized spacial score (nSPS) is 12.1. The SMILES string of the molecule is CCCOCc1cc(CNC(C)(C)C)oc1C. The molecule has 0 amide bonds. The maximum Gasteiger partial charge on any atom is 0.118 e. The second kappa shape index (κ2) is 6.22. The third-order valence-electron chi connectivity index (χ3n) is 2.47. The molecule has 0 fully saturated rings. The molecule has 0 saturated heterocycles. The Kier molecular flexibility index (Phi) is 5.22. The van der Waals surface area contributed by atoms with E-state index in [0.29, 0.717) is 6.61 Å². The Bertz CT molecular complexity index is 336. The van der Waals surface area contributed by atoms with Gasteiger partial charge in [0.15, 0.2) is 0 Å². The number of ether oxygens (including phenoxy) is 1. The highest BCUT2D eigenvalue weighted by Crippen LogP contribution is 2.16. The second-order valence-electron chi connectivity index (χ2n) is 5.45. The molecular formula is C14H25NO2. The van der Waals surface area contributed by atoms with E-state index in [1.54, 1.807) is 0 Å². The van der Waals surface area contributed by atoms with Crippen molar-refractivity contribution >= 4 is 0 Å². The van der Waals surface area contributed by atoms with Crippen molar-refractivity contribution in [2.45, 2.75) is 59.7 Å². The van der Waals surface area contributed by atoms with Gasteiger partial charge in [-0.1, -0.05) is 6.92 Å². The molecule has 1 N–H and O–H groups in total. The van der Waals surface area contributed by atoms with Crippen molar-refractivity contribution in [3.05, 3.63) is 23.2 Å². The molecule has 1 aromatic heterocycles. The summed E-state index contributed by atoms with van der Waals surface area (Å²) in [6, 6.07) is 2.09. The van der Waals surface area contributed by atoms with E-state index in [4.69, 9.17) is 9.15 Å². The van der Waals surface area contributed by atoms with E-state index in [1.165, 1.54) is 0 Å². The molecule has 3 nitrogen and oxygen atoms in total. The van der Waals surface area contributed by atoms with Crippen molar-refractivity contribution < 1.29 is 9.15 Å². The standard InChI is InChI=1S/C14H25NO2/c1-6-7-16-10-12-8-13(17-11(12)2)9-15-14(3,4)5/h8,15H,6-7,9-10H2,1-5H3. The molecule has 0 aliphatic rings. The number of hydrogen-bond donors (Lipinski definition) is 1. The molecule has 0 spiro atoms. The molecule has 1 rings (SSSR count). The van der Waals surface area contributed by atoms with Crippen LogP contribution in [0.25, 0.3) is 0 Å². The lowest BCUT2D eigenvalue weighted by molar-refractivity contribution is 0.120. The van der Waals surface area contributed by atoms with Gasteiger partial charge < -0.3 is 14.5 Å². The summed E-state index contributed by atoms with van der Waals surface area (Å²) in [5.41, 5.74) is 1.27. The van der Waals surface area contributed by atoms with E-state index in [1.807, 2.05) is 6.92 Å². The van der Waals surface area contributed by atoms with E-state index < -0.39 is 0 Å². The molecule has 0 unspecified atom stereocenters. The predicted octanol–water partition coefficient (Wildman–Crippen LogP) is 3.40. The highest BCUT2D eigenvalue weighted by molar-refractivity contribution is 5.20. The molecule has 0 atom stereocenters. The highest BCUT2D eigenvalue weighted by atomic mass is 16.5. The zero-order chi connectivity index (χ0) is 12.9. The molecule has 0 bridgehead atoms. The van der Waals surface area contributed by atoms with Crippen LogP contribution in [0.15, 0.2) is 10.5 Å². The summed E-state index contributed by atoms with van der Waals surface area (Å²) in [5.74, 6) is 1.94. The summed E-state index contributed by atoms with van der Waals surface area (Å²) >= 11 is 0. The van der Waals surface area contributed by atoms with Crippen molar-refractivity contribution in [1.29, 1.82) is 0 Å². The fourth-order valence-electron chi connectivity index (χ4n) is 1.50. The van der Waals surface area contributed by atoms with Gasteiger partial charge in [-0.15, -0.1) is 0 Å². The fourth-order valence-corrected chi connectivity index (χ4v) is 1.50. The largest absolute Gasteiger partial charge is 0.465 e. The molecule has 17 heavy (non-hydrogen) atoms. The molecule has 98 valence electrons. The van der Waals surface area contributed by atoms with Crippen molar-refractivity contribution in [2.75, 3.05) is 6.61 Å². The second-order valence-corrected chi connectivity index (χ2v) is 5.45. The van der Waals surface area contributed by atoms with Crippen LogP contribution >= 0.6 is 0 Å². The van der Waals surface area contributed by atoms with E-state index in [2.05, 4.69) is 39.1 Å². The minimum absolute atomic E-state index is 0.111. The van der Waals surface area contributed by atoms with Gasteiger partial charge in [0.25, 0.3) is 0 Å². The van der Waals surface area contributed by atoms with E-state index in [-0.39, 0.29) is 5.54 Å². The number of nitrogens with one attached hydrogen (secondary N) is 1. The number of hydrogen-bond acceptors (Lipinski definition) is 3. The zero-order valence-corrected chi connectivity index (χ0v) is 11.7. The quantitative estimate of drug-likeness (QED) is 0.773. The molecule has 0 aliphatic heterocycles. The Morgan fingerprint density at radius 1 is 1.35 bits per heavy atom. The fraction of sp³-hybridized carbons (Fsp3) is 0.714. The van der Waals surface area contributed by atoms with Gasteiger partial charge in [-0.3, -0.25) is 0 Å². The van der Waals surface area contributed by atoms with Gasteiger partial charge in [0.2, 0.25) is 0 Å². The number of aryl methyl sites for hydroxylation is 1. The smallest absolute Gasteiger partial charge is 0.118 e. The van der Waals surface area contributed by atoms with Crippen LogP contribution in [-0.2, 0) is 17.9 Å². The Morgan fingerprint density at radius 2 is 2.06 bits per heavy atom. The van der Waals surface area contributed by atoms with Crippen LogP contribution < -0.4 is 5.32 Å². The maximum absolute atomic E-state index is 5.70. The maximum atomic E-state index is 5.70. The third-order valence-corrected chi connectivity index (χ3v) is 2.47. The van der Waals surface area contributed by atoms with Gasteiger partial charge in [-0.2, -0.15) is 0 Å². The average Bonchev–Trinajstić information content (AvgIpc) is 2.56. The van der Waals surface area contributed by atoms with Crippen molar-refractivity contribution in [1.82, 2.24) is 5.32 Å². The first-order chi connectivity index (χ1) is 7.92. The van der Waals surface area contributed by atoms with Gasteiger partial charge >= 0.3 is 0 Å². The first kappa shape index (κ1) is 14.3. The molecule has 3 heteroatoms. The van der Waals surface area contributed by atoms with Gasteiger partial charge in [-0.05, 0) is 40.2 Å². The average molecular weight is 239 g/mol. The summed E-state index contributed by atoms with van der Waals surface area (Å²) < 4.78 is 11.2. The Balaban J connectivity index is 2.49. The van der Waals surface area contributed by atoms with Gasteiger partial charge in [-0.25, -0.2) is 0 Å². The number of rotatable bonds is 6. The molecule has 0 radical (unpaired) electrons. The Hall–Kier alpha value is -0.800. The molecule has 1 heterocycles. The first-order valence-corrected chi connectivity index (χ1v) is 6.33. The molecular weight excluding hydrogens is 214 g/mol. The topological polar surface area (TPSA) is 34.4 Å². The number of furan rings is 1. The molecule has 1 aromatic rings. The molecule has 0 aliphatic carbocycles. The van der Waals surface area contributed by atoms with Crippen LogP contribution in [0.4, 0.5) is 0 Å². The minimum atomic E-state index is 0.111. The summed E-state index contributed by atoms with van der Waals surface area (Å²) in [4.78, 5) is 0. The van der Waals surface area contributed by atoms with Crippen LogP contribution in [0.1, 0.15) is 51.2 Å². The molecule has 0 saturated carbocycles. The van der Waals surface area contributed by atoms with E-state index >= 15 is 0 Å². The predicted molar refractivity (Wildman–Crippen MR) is 70.0 cm³/mol. The van der Waals surface area contributed by atoms with Crippen molar-refractivity contribution in [2.24, 2.45) is 0 Å². The Labute approximate surface area is 105 Å². The summed E-state index contributed by atoms with van der Waals surface area (Å²) in [7, 11) is 0. The molecule has 0 aromatic carbocycles. The lowest BCUT2D eigenvalue weighted by Crippen LogP contribution is -2.34. The lowest BCUT2D eigenvalue weighted by Gasteiger charge is -2.19. The van der Waals surface area contributed by atoms with Crippen LogP contribution in [0.3, 0.4) is 0 Å². The van der Waals surface area contributed by atoms with Crippen LogP contribution in [0.2, 0.25) is 0 Å². The summed E-state index contributed by atoms with van der Waals surface area (Å²) in [5, 5.41) is 3.41. The van der Waals surface area contributed by atoms with E-state index in [0.717, 1.165) is 36.7 Å². The van der Waals surface area contributed by atoms with Gasteiger partial charge in [0, 0.05) is 17.7 Å². The van der Waals surface area contributed by atoms with E-state index in [9.17, 15) is 0 Å². The van der Waals surface area contributed by atoms with Crippen LogP contribution in [-0.4, -0.2) is 12.1 Å². The van der Waals surface area contributed by atoms with Crippen LogP contribution in [0, 0.1) is 6.92 Å². The monoisotopic (exact) mass is 239 g/mol. The highest BCUT2D eigenvalue weighted by Gasteiger charge is 2.12.